The van der Waals surface area contributed by atoms with Crippen LogP contribution in [0.4, 0.5) is 24.5 Å². The first kappa shape index (κ1) is 17.7. The highest BCUT2D eigenvalue weighted by molar-refractivity contribution is 6.31. The Morgan fingerprint density at radius 3 is 2.33 bits per heavy atom. The summed E-state index contributed by atoms with van der Waals surface area (Å²) in [5.41, 5.74) is -0.871. The van der Waals surface area contributed by atoms with Crippen molar-refractivity contribution in [1.29, 1.82) is 0 Å². The molecule has 0 aliphatic rings. The lowest BCUT2D eigenvalue weighted by Gasteiger charge is -2.12. The van der Waals surface area contributed by atoms with Crippen LogP contribution < -0.4 is 5.32 Å². The lowest BCUT2D eigenvalue weighted by atomic mass is 10.1. The number of nitrogens with one attached hydrogen (secondary N) is 1. The van der Waals surface area contributed by atoms with Crippen LogP contribution in [0.3, 0.4) is 0 Å². The van der Waals surface area contributed by atoms with E-state index in [4.69, 9.17) is 11.6 Å². The van der Waals surface area contributed by atoms with Gasteiger partial charge in [0.2, 0.25) is 0 Å². The number of ketones is 1. The molecule has 0 bridgehead atoms. The number of halogens is 4. The van der Waals surface area contributed by atoms with Gasteiger partial charge in [0.1, 0.15) is 0 Å². The molecule has 0 radical (unpaired) electrons. The van der Waals surface area contributed by atoms with Crippen molar-refractivity contribution in [2.24, 2.45) is 0 Å². The van der Waals surface area contributed by atoms with Gasteiger partial charge in [0.25, 0.3) is 5.69 Å². The molecule has 24 heavy (non-hydrogen) atoms. The molecule has 0 saturated carbocycles. The quantitative estimate of drug-likeness (QED) is 0.483. The zero-order valence-corrected chi connectivity index (χ0v) is 12.7. The number of hydrogen-bond donors (Lipinski definition) is 1. The Bertz CT molecular complexity index is 777. The van der Waals surface area contributed by atoms with E-state index in [1.165, 1.54) is 30.3 Å². The zero-order chi connectivity index (χ0) is 17.9. The van der Waals surface area contributed by atoms with E-state index in [2.05, 4.69) is 5.32 Å². The zero-order valence-electron chi connectivity index (χ0n) is 11.9. The molecule has 0 aromatic heterocycles. The average molecular weight is 359 g/mol. The third-order valence-corrected chi connectivity index (χ3v) is 3.45. The molecule has 126 valence electrons. The largest absolute Gasteiger partial charge is 0.417 e. The summed E-state index contributed by atoms with van der Waals surface area (Å²) >= 11 is 5.51. The van der Waals surface area contributed by atoms with Gasteiger partial charge in [0.15, 0.2) is 5.78 Å². The van der Waals surface area contributed by atoms with Crippen LogP contribution in [0.2, 0.25) is 5.02 Å². The predicted octanol–water partition coefficient (Wildman–Crippen LogP) is 4.56. The third-order valence-electron chi connectivity index (χ3n) is 3.12. The SMILES string of the molecule is O=C(CNc1ccc(Cl)c(C(F)(F)F)c1)c1ccc([N+](=O)[O-])cc1. The summed E-state index contributed by atoms with van der Waals surface area (Å²) in [5, 5.41) is 12.7. The van der Waals surface area contributed by atoms with Crippen LogP contribution in [0.25, 0.3) is 0 Å². The number of benzene rings is 2. The minimum Gasteiger partial charge on any atom is -0.378 e. The molecule has 0 saturated heterocycles. The van der Waals surface area contributed by atoms with Crippen molar-refractivity contribution in [2.75, 3.05) is 11.9 Å². The number of rotatable bonds is 5. The van der Waals surface area contributed by atoms with Gasteiger partial charge in [-0.2, -0.15) is 13.2 Å². The number of nitro benzene ring substituents is 1. The van der Waals surface area contributed by atoms with Gasteiger partial charge in [0, 0.05) is 23.4 Å². The second-order valence-electron chi connectivity index (χ2n) is 4.77. The molecule has 0 amide bonds. The monoisotopic (exact) mass is 358 g/mol. The molecule has 2 aromatic carbocycles. The summed E-state index contributed by atoms with van der Waals surface area (Å²) in [6.45, 7) is -0.267. The minimum atomic E-state index is -4.60. The number of nitro groups is 1. The van der Waals surface area contributed by atoms with Gasteiger partial charge in [-0.15, -0.1) is 0 Å². The molecule has 0 spiro atoms. The van der Waals surface area contributed by atoms with Crippen molar-refractivity contribution < 1.29 is 22.9 Å². The van der Waals surface area contributed by atoms with Gasteiger partial charge in [-0.3, -0.25) is 14.9 Å². The van der Waals surface area contributed by atoms with Crippen molar-refractivity contribution in [3.8, 4) is 0 Å². The first-order valence-electron chi connectivity index (χ1n) is 6.57. The van der Waals surface area contributed by atoms with Gasteiger partial charge in [-0.1, -0.05) is 11.6 Å². The van der Waals surface area contributed by atoms with E-state index in [-0.39, 0.29) is 23.5 Å². The van der Waals surface area contributed by atoms with Crippen LogP contribution in [-0.4, -0.2) is 17.3 Å². The van der Waals surface area contributed by atoms with Crippen LogP contribution in [0.1, 0.15) is 15.9 Å². The molecule has 0 heterocycles. The maximum absolute atomic E-state index is 12.8. The van der Waals surface area contributed by atoms with Crippen molar-refractivity contribution in [3.05, 3.63) is 68.7 Å². The molecule has 5 nitrogen and oxygen atoms in total. The molecule has 0 fully saturated rings. The highest BCUT2D eigenvalue weighted by Gasteiger charge is 2.33. The third kappa shape index (κ3) is 4.23. The summed E-state index contributed by atoms with van der Waals surface area (Å²) in [6.07, 6.45) is -4.60. The first-order valence-corrected chi connectivity index (χ1v) is 6.94. The van der Waals surface area contributed by atoms with Crippen LogP contribution in [-0.2, 0) is 6.18 Å². The molecule has 1 N–H and O–H groups in total. The summed E-state index contributed by atoms with van der Waals surface area (Å²) < 4.78 is 38.3. The number of carbonyl (C=O) groups is 1. The number of hydrogen-bond acceptors (Lipinski definition) is 4. The summed E-state index contributed by atoms with van der Waals surface area (Å²) in [4.78, 5) is 21.9. The topological polar surface area (TPSA) is 72.2 Å². The number of anilines is 1. The highest BCUT2D eigenvalue weighted by Crippen LogP contribution is 2.36. The predicted molar refractivity (Wildman–Crippen MR) is 82.4 cm³/mol. The van der Waals surface area contributed by atoms with Crippen molar-refractivity contribution in [1.82, 2.24) is 0 Å². The lowest BCUT2D eigenvalue weighted by Crippen LogP contribution is -2.15. The van der Waals surface area contributed by atoms with Crippen LogP contribution >= 0.6 is 11.6 Å². The second-order valence-corrected chi connectivity index (χ2v) is 5.18. The Balaban J connectivity index is 2.08. The van der Waals surface area contributed by atoms with E-state index in [1.807, 2.05) is 0 Å². The summed E-state index contributed by atoms with van der Waals surface area (Å²) in [6, 6.07) is 8.14. The van der Waals surface area contributed by atoms with Crippen LogP contribution in [0.5, 0.6) is 0 Å². The molecule has 0 atom stereocenters. The standard InChI is InChI=1S/C15H10ClF3N2O3/c16-13-6-3-10(7-12(13)15(17,18)19)20-8-14(22)9-1-4-11(5-2-9)21(23)24/h1-7,20H,8H2. The highest BCUT2D eigenvalue weighted by atomic mass is 35.5. The summed E-state index contributed by atoms with van der Waals surface area (Å²) in [7, 11) is 0. The second kappa shape index (κ2) is 6.88. The van der Waals surface area contributed by atoms with Crippen molar-refractivity contribution in [3.63, 3.8) is 0 Å². The Hall–Kier alpha value is -2.61. The Morgan fingerprint density at radius 2 is 1.79 bits per heavy atom. The van der Waals surface area contributed by atoms with Gasteiger partial charge in [-0.05, 0) is 30.3 Å². The van der Waals surface area contributed by atoms with Gasteiger partial charge >= 0.3 is 6.18 Å². The molecule has 2 aromatic rings. The lowest BCUT2D eigenvalue weighted by molar-refractivity contribution is -0.384. The van der Waals surface area contributed by atoms with Crippen molar-refractivity contribution in [2.45, 2.75) is 6.18 Å². The normalized spacial score (nSPS) is 11.2. The van der Waals surface area contributed by atoms with Gasteiger partial charge in [0.05, 0.1) is 22.1 Å². The maximum Gasteiger partial charge on any atom is 0.417 e. The minimum absolute atomic E-state index is 0.0852. The number of nitrogens with zero attached hydrogens (tertiary/aromatic N) is 1. The van der Waals surface area contributed by atoms with Crippen LogP contribution in [0, 0.1) is 10.1 Å². The molecule has 0 aliphatic heterocycles. The van der Waals surface area contributed by atoms with E-state index in [0.717, 1.165) is 12.1 Å². The number of alkyl halides is 3. The summed E-state index contributed by atoms with van der Waals surface area (Å²) in [5.74, 6) is -0.423. The number of carbonyl (C=O) groups excluding carboxylic acids is 1. The van der Waals surface area contributed by atoms with E-state index in [9.17, 15) is 28.1 Å². The fourth-order valence-electron chi connectivity index (χ4n) is 1.91. The number of non-ortho nitro benzene ring substituents is 1. The fourth-order valence-corrected chi connectivity index (χ4v) is 2.13. The van der Waals surface area contributed by atoms with E-state index in [0.29, 0.717) is 0 Å². The average Bonchev–Trinajstić information content (AvgIpc) is 2.52. The molecular formula is C15H10ClF3N2O3. The van der Waals surface area contributed by atoms with Crippen molar-refractivity contribution >= 4 is 28.8 Å². The van der Waals surface area contributed by atoms with E-state index >= 15 is 0 Å². The molecule has 0 unspecified atom stereocenters. The maximum atomic E-state index is 12.8. The van der Waals surface area contributed by atoms with E-state index in [1.54, 1.807) is 0 Å². The first-order chi connectivity index (χ1) is 11.2. The van der Waals surface area contributed by atoms with Crippen LogP contribution in [0.15, 0.2) is 42.5 Å². The molecule has 2 rings (SSSR count). The fraction of sp³-hybridized carbons (Fsp3) is 0.133. The van der Waals surface area contributed by atoms with Gasteiger partial charge in [-0.25, -0.2) is 0 Å². The van der Waals surface area contributed by atoms with E-state index < -0.39 is 27.5 Å². The Labute approximate surface area is 139 Å². The molecular weight excluding hydrogens is 349 g/mol. The number of Topliss-reactive ketones (excluding diaryl/α,β-unsaturated/α-hetero) is 1. The Morgan fingerprint density at radius 1 is 1.17 bits per heavy atom. The Kier molecular flexibility index (Phi) is 5.08. The smallest absolute Gasteiger partial charge is 0.378 e. The molecule has 9 heteroatoms. The molecule has 0 aliphatic carbocycles. The van der Waals surface area contributed by atoms with Gasteiger partial charge < -0.3 is 5.32 Å².